The van der Waals surface area contributed by atoms with E-state index in [1.165, 1.54) is 27.2 Å². The third-order valence-electron chi connectivity index (χ3n) is 3.01. The number of hydrogen-bond donors (Lipinski definition) is 0. The normalized spacial score (nSPS) is 24.5. The summed E-state index contributed by atoms with van der Waals surface area (Å²) in [6, 6.07) is 0. The molecule has 0 aromatic rings. The number of esters is 2. The predicted octanol–water partition coefficient (Wildman–Crippen LogP) is 1.32. The molecule has 2 unspecified atom stereocenters. The molecule has 22 heavy (non-hydrogen) atoms. The van der Waals surface area contributed by atoms with Crippen LogP contribution in [0.2, 0.25) is 0 Å². The standard InChI is InChI=1S/C14H21FO7/c1-5-20-11(16)10-7-9(12(18-3)19-4)8-14(15,22-10)13(17)21-6-2/h7,9,12H,5-6,8H2,1-4H3. The SMILES string of the molecule is CCOC(=O)C1=CC(C(OC)OC)CC(F)(C(=O)OCC)O1. The molecule has 0 aromatic heterocycles. The first kappa shape index (κ1) is 18.4. The molecule has 0 bridgehead atoms. The first-order valence-corrected chi connectivity index (χ1v) is 6.91. The second-order valence-corrected chi connectivity index (χ2v) is 4.51. The Morgan fingerprint density at radius 3 is 2.41 bits per heavy atom. The number of rotatable bonds is 7. The van der Waals surface area contributed by atoms with Gasteiger partial charge in [0, 0.05) is 26.6 Å². The summed E-state index contributed by atoms with van der Waals surface area (Å²) in [6.07, 6.45) is 0.0752. The Labute approximate surface area is 128 Å². The van der Waals surface area contributed by atoms with Crippen molar-refractivity contribution in [3.8, 4) is 0 Å². The number of alkyl halides is 1. The van der Waals surface area contributed by atoms with Crippen LogP contribution in [0.1, 0.15) is 20.3 Å². The van der Waals surface area contributed by atoms with E-state index in [0.717, 1.165) is 0 Å². The fraction of sp³-hybridized carbons (Fsp3) is 0.714. The summed E-state index contributed by atoms with van der Waals surface area (Å²) in [4.78, 5) is 23.6. The molecule has 7 nitrogen and oxygen atoms in total. The second-order valence-electron chi connectivity index (χ2n) is 4.51. The van der Waals surface area contributed by atoms with E-state index in [0.29, 0.717) is 0 Å². The number of carbonyl (C=O) groups is 2. The maximum atomic E-state index is 14.8. The van der Waals surface area contributed by atoms with Crippen LogP contribution in [0, 0.1) is 5.92 Å². The summed E-state index contributed by atoms with van der Waals surface area (Å²) in [6.45, 7) is 3.20. The summed E-state index contributed by atoms with van der Waals surface area (Å²) in [5, 5.41) is 0. The van der Waals surface area contributed by atoms with E-state index in [2.05, 4.69) is 4.74 Å². The molecule has 0 aliphatic carbocycles. The highest BCUT2D eigenvalue weighted by Crippen LogP contribution is 2.36. The summed E-state index contributed by atoms with van der Waals surface area (Å²) >= 11 is 0. The zero-order valence-electron chi connectivity index (χ0n) is 13.1. The van der Waals surface area contributed by atoms with Gasteiger partial charge in [0.1, 0.15) is 0 Å². The quantitative estimate of drug-likeness (QED) is 0.517. The van der Waals surface area contributed by atoms with E-state index in [4.69, 9.17) is 18.9 Å². The van der Waals surface area contributed by atoms with Crippen molar-refractivity contribution >= 4 is 11.9 Å². The van der Waals surface area contributed by atoms with E-state index < -0.39 is 42.2 Å². The summed E-state index contributed by atoms with van der Waals surface area (Å²) in [5.41, 5.74) is 0. The van der Waals surface area contributed by atoms with Crippen LogP contribution >= 0.6 is 0 Å². The smallest absolute Gasteiger partial charge is 0.384 e. The van der Waals surface area contributed by atoms with Crippen LogP contribution in [0.25, 0.3) is 0 Å². The van der Waals surface area contributed by atoms with Gasteiger partial charge < -0.3 is 23.7 Å². The number of hydrogen-bond acceptors (Lipinski definition) is 7. The minimum atomic E-state index is -2.80. The number of halogens is 1. The van der Waals surface area contributed by atoms with Crippen LogP contribution in [0.5, 0.6) is 0 Å². The lowest BCUT2D eigenvalue weighted by Crippen LogP contribution is -2.46. The Kier molecular flexibility index (Phi) is 6.76. The van der Waals surface area contributed by atoms with Gasteiger partial charge in [0.05, 0.1) is 13.2 Å². The van der Waals surface area contributed by atoms with Gasteiger partial charge in [-0.2, -0.15) is 4.39 Å². The van der Waals surface area contributed by atoms with Crippen LogP contribution in [-0.2, 0) is 33.3 Å². The van der Waals surface area contributed by atoms with Crippen LogP contribution in [0.3, 0.4) is 0 Å². The molecule has 0 amide bonds. The minimum Gasteiger partial charge on any atom is -0.461 e. The molecular formula is C14H21FO7. The molecule has 126 valence electrons. The largest absolute Gasteiger partial charge is 0.461 e. The number of ether oxygens (including phenoxy) is 5. The van der Waals surface area contributed by atoms with E-state index in [1.807, 2.05) is 0 Å². The Balaban J connectivity index is 3.09. The summed E-state index contributed by atoms with van der Waals surface area (Å²) < 4.78 is 39.3. The van der Waals surface area contributed by atoms with Gasteiger partial charge in [0.2, 0.25) is 5.76 Å². The first-order chi connectivity index (χ1) is 10.4. The number of methoxy groups -OCH3 is 2. The summed E-state index contributed by atoms with van der Waals surface area (Å²) in [5.74, 6) is -6.01. The predicted molar refractivity (Wildman–Crippen MR) is 72.2 cm³/mol. The molecular weight excluding hydrogens is 299 g/mol. The maximum absolute atomic E-state index is 14.8. The highest BCUT2D eigenvalue weighted by Gasteiger charge is 2.50. The van der Waals surface area contributed by atoms with Crippen molar-refractivity contribution in [3.63, 3.8) is 0 Å². The molecule has 0 N–H and O–H groups in total. The van der Waals surface area contributed by atoms with E-state index in [-0.39, 0.29) is 13.2 Å². The molecule has 0 spiro atoms. The molecule has 1 rings (SSSR count). The van der Waals surface area contributed by atoms with Gasteiger partial charge in [-0.05, 0) is 19.9 Å². The van der Waals surface area contributed by atoms with Gasteiger partial charge in [-0.25, -0.2) is 9.59 Å². The first-order valence-electron chi connectivity index (χ1n) is 6.91. The average molecular weight is 320 g/mol. The zero-order chi connectivity index (χ0) is 16.8. The van der Waals surface area contributed by atoms with Gasteiger partial charge in [0.25, 0.3) is 0 Å². The Morgan fingerprint density at radius 1 is 1.32 bits per heavy atom. The number of carbonyl (C=O) groups excluding carboxylic acids is 2. The molecule has 2 atom stereocenters. The van der Waals surface area contributed by atoms with E-state index in [1.54, 1.807) is 6.92 Å². The van der Waals surface area contributed by atoms with E-state index in [9.17, 15) is 14.0 Å². The molecule has 1 aliphatic rings. The Hall–Kier alpha value is -1.67. The minimum absolute atomic E-state index is 0.0189. The van der Waals surface area contributed by atoms with Crippen LogP contribution in [-0.4, -0.2) is 51.5 Å². The van der Waals surface area contributed by atoms with Crippen molar-refractivity contribution in [2.24, 2.45) is 5.92 Å². The highest BCUT2D eigenvalue weighted by molar-refractivity contribution is 5.88. The molecule has 8 heteroatoms. The van der Waals surface area contributed by atoms with Crippen LogP contribution in [0.15, 0.2) is 11.8 Å². The van der Waals surface area contributed by atoms with Crippen molar-refractivity contribution in [2.75, 3.05) is 27.4 Å². The van der Waals surface area contributed by atoms with Crippen molar-refractivity contribution in [2.45, 2.75) is 32.4 Å². The lowest BCUT2D eigenvalue weighted by Gasteiger charge is -2.34. The van der Waals surface area contributed by atoms with Gasteiger partial charge in [0.15, 0.2) is 6.29 Å². The van der Waals surface area contributed by atoms with Gasteiger partial charge >= 0.3 is 17.8 Å². The molecule has 0 saturated heterocycles. The van der Waals surface area contributed by atoms with E-state index >= 15 is 0 Å². The van der Waals surface area contributed by atoms with Crippen molar-refractivity contribution < 1.29 is 37.7 Å². The van der Waals surface area contributed by atoms with Gasteiger partial charge in [-0.3, -0.25) is 0 Å². The monoisotopic (exact) mass is 320 g/mol. The molecule has 1 aliphatic heterocycles. The van der Waals surface area contributed by atoms with Crippen molar-refractivity contribution in [1.29, 1.82) is 0 Å². The maximum Gasteiger partial charge on any atom is 0.384 e. The Morgan fingerprint density at radius 2 is 1.91 bits per heavy atom. The Bertz CT molecular complexity index is 433. The van der Waals surface area contributed by atoms with Crippen molar-refractivity contribution in [3.05, 3.63) is 11.8 Å². The lowest BCUT2D eigenvalue weighted by molar-refractivity contribution is -0.212. The molecule has 1 heterocycles. The topological polar surface area (TPSA) is 80.3 Å². The molecule has 0 radical (unpaired) electrons. The highest BCUT2D eigenvalue weighted by atomic mass is 19.2. The van der Waals surface area contributed by atoms with Gasteiger partial charge in [-0.15, -0.1) is 0 Å². The lowest BCUT2D eigenvalue weighted by atomic mass is 9.95. The second kappa shape index (κ2) is 8.09. The fourth-order valence-corrected chi connectivity index (χ4v) is 2.10. The van der Waals surface area contributed by atoms with Crippen LogP contribution in [0.4, 0.5) is 4.39 Å². The third-order valence-corrected chi connectivity index (χ3v) is 3.01. The van der Waals surface area contributed by atoms with Gasteiger partial charge in [-0.1, -0.05) is 0 Å². The summed E-state index contributed by atoms with van der Waals surface area (Å²) in [7, 11) is 2.73. The average Bonchev–Trinajstić information content (AvgIpc) is 2.48. The molecule has 0 saturated carbocycles. The third kappa shape index (κ3) is 4.17. The zero-order valence-corrected chi connectivity index (χ0v) is 13.1. The molecule has 0 aromatic carbocycles. The van der Waals surface area contributed by atoms with Crippen LogP contribution < -0.4 is 0 Å². The fourth-order valence-electron chi connectivity index (χ4n) is 2.10. The van der Waals surface area contributed by atoms with Crippen molar-refractivity contribution in [1.82, 2.24) is 0 Å². The molecule has 0 fully saturated rings.